The number of hydrogen-bond acceptors (Lipinski definition) is 3. The zero-order chi connectivity index (χ0) is 15.5. The molecule has 0 aliphatic heterocycles. The maximum atomic E-state index is 5.79. The van der Waals surface area contributed by atoms with E-state index in [0.29, 0.717) is 6.73 Å². The van der Waals surface area contributed by atoms with Gasteiger partial charge in [0, 0.05) is 37.8 Å². The second kappa shape index (κ2) is 6.53. The van der Waals surface area contributed by atoms with Gasteiger partial charge in [0.05, 0.1) is 12.0 Å². The van der Waals surface area contributed by atoms with Crippen molar-refractivity contribution in [2.24, 2.45) is 0 Å². The molecular weight excluding hydrogens is 278 g/mol. The van der Waals surface area contributed by atoms with E-state index in [0.717, 1.165) is 29.3 Å². The third-order valence-electron chi connectivity index (χ3n) is 3.50. The molecule has 0 atom stereocenters. The monoisotopic (exact) mass is 303 g/mol. The Bertz CT molecular complexity index is 602. The lowest BCUT2D eigenvalue weighted by Crippen LogP contribution is -2.22. The molecule has 0 unspecified atom stereocenters. The van der Waals surface area contributed by atoms with Gasteiger partial charge < -0.3 is 9.30 Å². The lowest BCUT2D eigenvalue weighted by Gasteiger charge is -2.15. The second-order valence-corrected chi connectivity index (χ2v) is 12.3. The van der Waals surface area contributed by atoms with Crippen LogP contribution in [0.4, 0.5) is 0 Å². The highest BCUT2D eigenvalue weighted by molar-refractivity contribution is 6.76. The Balaban J connectivity index is 2.01. The summed E-state index contributed by atoms with van der Waals surface area (Å²) in [6.45, 7) is 12.6. The number of nitrogens with zero attached hydrogens (tertiary/aromatic N) is 3. The molecule has 0 aromatic carbocycles. The van der Waals surface area contributed by atoms with Crippen molar-refractivity contribution in [3.8, 4) is 11.3 Å². The van der Waals surface area contributed by atoms with E-state index in [-0.39, 0.29) is 0 Å². The van der Waals surface area contributed by atoms with E-state index in [4.69, 9.17) is 4.74 Å². The molecule has 0 spiro atoms. The smallest absolute Gasteiger partial charge is 0.124 e. The molecule has 0 fully saturated rings. The topological polar surface area (TPSA) is 39.9 Å². The molecule has 114 valence electrons. The van der Waals surface area contributed by atoms with Crippen molar-refractivity contribution in [2.45, 2.75) is 46.3 Å². The summed E-state index contributed by atoms with van der Waals surface area (Å²) in [6.07, 6.45) is 3.68. The Morgan fingerprint density at radius 1 is 1.19 bits per heavy atom. The first-order chi connectivity index (χ1) is 9.87. The van der Waals surface area contributed by atoms with Gasteiger partial charge >= 0.3 is 0 Å². The molecule has 2 heterocycles. The number of pyridine rings is 1. The minimum atomic E-state index is -1.02. The van der Waals surface area contributed by atoms with Crippen LogP contribution in [0.5, 0.6) is 0 Å². The molecule has 0 amide bonds. The number of ether oxygens (including phenoxy) is 1. The van der Waals surface area contributed by atoms with Crippen molar-refractivity contribution in [1.82, 2.24) is 14.5 Å². The van der Waals surface area contributed by atoms with Crippen LogP contribution in [-0.4, -0.2) is 29.2 Å². The highest BCUT2D eigenvalue weighted by Crippen LogP contribution is 2.21. The van der Waals surface area contributed by atoms with E-state index in [1.807, 2.05) is 25.5 Å². The highest BCUT2D eigenvalue weighted by Gasteiger charge is 2.13. The summed E-state index contributed by atoms with van der Waals surface area (Å²) in [5, 5.41) is 0. The number of aryl methyl sites for hydroxylation is 1. The molecule has 0 aliphatic rings. The van der Waals surface area contributed by atoms with Gasteiger partial charge in [-0.25, -0.2) is 4.98 Å². The summed E-state index contributed by atoms with van der Waals surface area (Å²) in [4.78, 5) is 8.75. The van der Waals surface area contributed by atoms with Crippen LogP contribution >= 0.6 is 0 Å². The van der Waals surface area contributed by atoms with E-state index >= 15 is 0 Å². The van der Waals surface area contributed by atoms with Gasteiger partial charge in [-0.2, -0.15) is 0 Å². The van der Waals surface area contributed by atoms with Crippen LogP contribution in [0.3, 0.4) is 0 Å². The van der Waals surface area contributed by atoms with Crippen LogP contribution in [0.2, 0.25) is 25.7 Å². The minimum absolute atomic E-state index is 0.577. The molecule has 0 bridgehead atoms. The minimum Gasteiger partial charge on any atom is -0.361 e. The van der Waals surface area contributed by atoms with Gasteiger partial charge in [-0.1, -0.05) is 19.6 Å². The first kappa shape index (κ1) is 15.9. The standard InChI is InChI=1S/C16H25N3OSi/c1-13-10-15(6-7-17-13)16-14(2)19(11-18-16)12-20-8-9-21(3,4)5/h6-7,10-11H,8-9,12H2,1-5H3. The summed E-state index contributed by atoms with van der Waals surface area (Å²) in [5.41, 5.74) is 4.26. The van der Waals surface area contributed by atoms with Crippen molar-refractivity contribution in [3.63, 3.8) is 0 Å². The van der Waals surface area contributed by atoms with Gasteiger partial charge in [-0.05, 0) is 32.0 Å². The van der Waals surface area contributed by atoms with E-state index in [1.165, 1.54) is 6.04 Å². The van der Waals surface area contributed by atoms with E-state index in [2.05, 4.69) is 47.2 Å². The Morgan fingerprint density at radius 2 is 1.95 bits per heavy atom. The Morgan fingerprint density at radius 3 is 2.62 bits per heavy atom. The fraction of sp³-hybridized carbons (Fsp3) is 0.500. The molecule has 0 aliphatic carbocycles. The van der Waals surface area contributed by atoms with E-state index < -0.39 is 8.07 Å². The fourth-order valence-electron chi connectivity index (χ4n) is 2.09. The van der Waals surface area contributed by atoms with Crippen LogP contribution in [0.15, 0.2) is 24.7 Å². The number of hydrogen-bond donors (Lipinski definition) is 0. The lowest BCUT2D eigenvalue weighted by atomic mass is 10.1. The van der Waals surface area contributed by atoms with Gasteiger partial charge in [0.2, 0.25) is 0 Å². The number of rotatable bonds is 6. The zero-order valence-electron chi connectivity index (χ0n) is 13.7. The third kappa shape index (κ3) is 4.51. The number of imidazole rings is 1. The molecule has 0 saturated carbocycles. The number of aromatic nitrogens is 3. The second-order valence-electron chi connectivity index (χ2n) is 6.68. The van der Waals surface area contributed by atoms with Gasteiger partial charge in [0.15, 0.2) is 0 Å². The van der Waals surface area contributed by atoms with Crippen LogP contribution in [0.1, 0.15) is 11.4 Å². The predicted octanol–water partition coefficient (Wildman–Crippen LogP) is 3.87. The first-order valence-electron chi connectivity index (χ1n) is 7.39. The van der Waals surface area contributed by atoms with Crippen molar-refractivity contribution >= 4 is 8.07 Å². The van der Waals surface area contributed by atoms with Crippen LogP contribution in [0, 0.1) is 13.8 Å². The fourth-order valence-corrected chi connectivity index (χ4v) is 2.85. The van der Waals surface area contributed by atoms with Gasteiger partial charge in [0.25, 0.3) is 0 Å². The Kier molecular flexibility index (Phi) is 4.95. The largest absolute Gasteiger partial charge is 0.361 e. The first-order valence-corrected chi connectivity index (χ1v) is 11.1. The van der Waals surface area contributed by atoms with Crippen molar-refractivity contribution in [1.29, 1.82) is 0 Å². The van der Waals surface area contributed by atoms with Crippen molar-refractivity contribution in [3.05, 3.63) is 36.0 Å². The SMILES string of the molecule is Cc1cc(-c2ncn(COCC[Si](C)(C)C)c2C)ccn1. The Labute approximate surface area is 128 Å². The van der Waals surface area contributed by atoms with Gasteiger partial charge in [-0.15, -0.1) is 0 Å². The predicted molar refractivity (Wildman–Crippen MR) is 89.0 cm³/mol. The Hall–Kier alpha value is -1.46. The van der Waals surface area contributed by atoms with E-state index in [1.54, 1.807) is 0 Å². The molecule has 2 aromatic rings. The maximum Gasteiger partial charge on any atom is 0.124 e. The molecule has 21 heavy (non-hydrogen) atoms. The van der Waals surface area contributed by atoms with Crippen LogP contribution < -0.4 is 0 Å². The molecule has 2 aromatic heterocycles. The quantitative estimate of drug-likeness (QED) is 0.600. The van der Waals surface area contributed by atoms with E-state index in [9.17, 15) is 0 Å². The maximum absolute atomic E-state index is 5.79. The third-order valence-corrected chi connectivity index (χ3v) is 5.20. The van der Waals surface area contributed by atoms with Crippen LogP contribution in [0.25, 0.3) is 11.3 Å². The molecule has 5 heteroatoms. The van der Waals surface area contributed by atoms with Crippen molar-refractivity contribution in [2.75, 3.05) is 6.61 Å². The average Bonchev–Trinajstić information content (AvgIpc) is 2.75. The van der Waals surface area contributed by atoms with Gasteiger partial charge in [0.1, 0.15) is 6.73 Å². The molecule has 4 nitrogen and oxygen atoms in total. The summed E-state index contributed by atoms with van der Waals surface area (Å²) >= 11 is 0. The molecule has 2 rings (SSSR count). The molecule has 0 saturated heterocycles. The summed E-state index contributed by atoms with van der Waals surface area (Å²) in [5.74, 6) is 0. The summed E-state index contributed by atoms with van der Waals surface area (Å²) < 4.78 is 7.86. The molecule has 0 radical (unpaired) electrons. The molecular formula is C16H25N3OSi. The van der Waals surface area contributed by atoms with Crippen molar-refractivity contribution < 1.29 is 4.74 Å². The molecule has 0 N–H and O–H groups in total. The lowest BCUT2D eigenvalue weighted by molar-refractivity contribution is 0.0859. The highest BCUT2D eigenvalue weighted by atomic mass is 28.3. The summed E-state index contributed by atoms with van der Waals surface area (Å²) in [6, 6.07) is 5.25. The normalized spacial score (nSPS) is 11.9. The zero-order valence-corrected chi connectivity index (χ0v) is 14.7. The average molecular weight is 303 g/mol. The van der Waals surface area contributed by atoms with Gasteiger partial charge in [-0.3, -0.25) is 4.98 Å². The summed E-state index contributed by atoms with van der Waals surface area (Å²) in [7, 11) is -1.02. The van der Waals surface area contributed by atoms with Crippen LogP contribution in [-0.2, 0) is 11.5 Å².